The number of piperidine rings is 1. The lowest BCUT2D eigenvalue weighted by Gasteiger charge is -2.40. The number of carboxylic acid groups (broad SMARTS) is 1. The summed E-state index contributed by atoms with van der Waals surface area (Å²) < 4.78 is 53.2. The summed E-state index contributed by atoms with van der Waals surface area (Å²) in [5, 5.41) is 13.2. The van der Waals surface area contributed by atoms with E-state index >= 15 is 0 Å². The molecule has 2 aromatic heterocycles. The highest BCUT2D eigenvalue weighted by Gasteiger charge is 2.46. The van der Waals surface area contributed by atoms with Crippen LogP contribution in [-0.4, -0.2) is 44.4 Å². The molecule has 0 radical (unpaired) electrons. The zero-order valence-electron chi connectivity index (χ0n) is 20.7. The maximum absolute atomic E-state index is 13.8. The topological polar surface area (TPSA) is 102 Å². The third kappa shape index (κ3) is 4.53. The molecule has 3 aliphatic rings. The van der Waals surface area contributed by atoms with Crippen LogP contribution in [0.5, 0.6) is 0 Å². The van der Waals surface area contributed by atoms with Gasteiger partial charge in [0.1, 0.15) is 17.3 Å². The Hall–Kier alpha value is -3.47. The predicted molar refractivity (Wildman–Crippen MR) is 130 cm³/mol. The summed E-state index contributed by atoms with van der Waals surface area (Å²) in [6.45, 7) is 2.30. The third-order valence-corrected chi connectivity index (χ3v) is 7.93. The molecule has 3 unspecified atom stereocenters. The van der Waals surface area contributed by atoms with Gasteiger partial charge >= 0.3 is 12.1 Å². The number of nitrogens with zero attached hydrogens (tertiary/aromatic N) is 4. The number of carboxylic acids is 1. The molecule has 2 bridgehead atoms. The number of alkyl halides is 3. The number of hydrogen-bond acceptors (Lipinski definition) is 7. The Morgan fingerprint density at radius 1 is 1.16 bits per heavy atom. The zero-order chi connectivity index (χ0) is 26.6. The average Bonchev–Trinajstić information content (AvgIpc) is 3.61. The van der Waals surface area contributed by atoms with Gasteiger partial charge in [-0.3, -0.25) is 0 Å². The molecule has 1 aliphatic carbocycles. The van der Waals surface area contributed by atoms with Crippen molar-refractivity contribution in [1.29, 1.82) is 0 Å². The highest BCUT2D eigenvalue weighted by Crippen LogP contribution is 2.47. The normalized spacial score (nSPS) is 25.1. The number of fused-ring (bicyclic) bond motifs is 2. The van der Waals surface area contributed by atoms with Crippen molar-refractivity contribution in [2.24, 2.45) is 5.92 Å². The number of anilines is 1. The van der Waals surface area contributed by atoms with Crippen molar-refractivity contribution in [3.63, 3.8) is 0 Å². The first kappa shape index (κ1) is 24.8. The number of carbonyl (C=O) groups is 1. The Labute approximate surface area is 216 Å². The van der Waals surface area contributed by atoms with Crippen molar-refractivity contribution in [3.8, 4) is 11.3 Å². The minimum absolute atomic E-state index is 0.00106. The van der Waals surface area contributed by atoms with Gasteiger partial charge in [0.15, 0.2) is 5.69 Å². The molecule has 1 N–H and O–H groups in total. The van der Waals surface area contributed by atoms with Crippen LogP contribution >= 0.6 is 0 Å². The van der Waals surface area contributed by atoms with Gasteiger partial charge in [0.05, 0.1) is 30.7 Å². The molecule has 2 aliphatic heterocycles. The smallest absolute Gasteiger partial charge is 0.417 e. The third-order valence-electron chi connectivity index (χ3n) is 7.93. The van der Waals surface area contributed by atoms with Gasteiger partial charge in [-0.25, -0.2) is 14.8 Å². The Morgan fingerprint density at radius 3 is 2.61 bits per heavy atom. The summed E-state index contributed by atoms with van der Waals surface area (Å²) in [5.41, 5.74) is -0.0479. The summed E-state index contributed by atoms with van der Waals surface area (Å²) in [7, 11) is 0. The molecule has 0 spiro atoms. The van der Waals surface area contributed by atoms with Crippen LogP contribution in [0.4, 0.5) is 19.0 Å². The van der Waals surface area contributed by atoms with Crippen molar-refractivity contribution < 1.29 is 32.3 Å². The van der Waals surface area contributed by atoms with E-state index in [1.54, 1.807) is 6.07 Å². The van der Waals surface area contributed by atoms with E-state index in [-0.39, 0.29) is 47.7 Å². The van der Waals surface area contributed by atoms with Gasteiger partial charge in [0.25, 0.3) is 0 Å². The molecular weight excluding hydrogens is 501 g/mol. The van der Waals surface area contributed by atoms with Crippen LogP contribution in [0, 0.1) is 5.92 Å². The van der Waals surface area contributed by atoms with E-state index in [0.717, 1.165) is 38.2 Å². The van der Waals surface area contributed by atoms with Crippen LogP contribution in [0.2, 0.25) is 0 Å². The molecule has 4 atom stereocenters. The standard InChI is InChI=1S/C27H27F3N4O4/c1-14-8-16-9-17(10-22(14)34(16)23-12-31-21(11-32-23)26(35)36)37-13-19-24(33-38-25(19)15-6-7-15)18-4-2-3-5-20(18)27(28,29)30/h2-5,11-12,14-17,22H,6-10,13H2,1H3,(H,35,36)/t14-,16?,17?,22?/m1/s1. The zero-order valence-corrected chi connectivity index (χ0v) is 20.7. The second kappa shape index (κ2) is 9.37. The van der Waals surface area contributed by atoms with Crippen LogP contribution in [0.1, 0.15) is 72.3 Å². The van der Waals surface area contributed by atoms with Crippen LogP contribution < -0.4 is 4.90 Å². The summed E-state index contributed by atoms with van der Waals surface area (Å²) in [6, 6.07) is 5.72. The Kier molecular flexibility index (Phi) is 6.13. The highest BCUT2D eigenvalue weighted by atomic mass is 19.4. The van der Waals surface area contributed by atoms with E-state index < -0.39 is 17.7 Å². The number of halogens is 3. The number of aromatic nitrogens is 3. The molecule has 2 saturated heterocycles. The van der Waals surface area contributed by atoms with E-state index in [2.05, 4.69) is 26.9 Å². The van der Waals surface area contributed by atoms with Crippen LogP contribution in [0.25, 0.3) is 11.3 Å². The average molecular weight is 529 g/mol. The SMILES string of the molecule is C[C@@H]1CC2CC(OCc3c(-c4ccccc4C(F)(F)F)noc3C3CC3)CC1N2c1cnc(C(=O)O)cn1. The first-order chi connectivity index (χ1) is 18.2. The summed E-state index contributed by atoms with van der Waals surface area (Å²) >= 11 is 0. The minimum Gasteiger partial charge on any atom is -0.476 e. The first-order valence-electron chi connectivity index (χ1n) is 12.8. The maximum atomic E-state index is 13.8. The number of benzene rings is 1. The van der Waals surface area contributed by atoms with Gasteiger partial charge in [-0.1, -0.05) is 30.3 Å². The van der Waals surface area contributed by atoms with Gasteiger partial charge in [-0.15, -0.1) is 0 Å². The number of ether oxygens (including phenoxy) is 1. The number of hydrogen-bond donors (Lipinski definition) is 1. The highest BCUT2D eigenvalue weighted by molar-refractivity contribution is 5.85. The van der Waals surface area contributed by atoms with Crippen LogP contribution in [0.15, 0.2) is 41.2 Å². The van der Waals surface area contributed by atoms with E-state index in [4.69, 9.17) is 14.4 Å². The quantitative estimate of drug-likeness (QED) is 0.418. The Bertz CT molecular complexity index is 1340. The van der Waals surface area contributed by atoms with Crippen molar-refractivity contribution in [2.75, 3.05) is 4.90 Å². The molecule has 4 heterocycles. The predicted octanol–water partition coefficient (Wildman–Crippen LogP) is 5.69. The van der Waals surface area contributed by atoms with E-state index in [1.807, 2.05) is 0 Å². The Morgan fingerprint density at radius 2 is 1.95 bits per heavy atom. The molecule has 11 heteroatoms. The van der Waals surface area contributed by atoms with Gasteiger partial charge in [-0.2, -0.15) is 13.2 Å². The Balaban J connectivity index is 1.22. The second-order valence-electron chi connectivity index (χ2n) is 10.5. The molecule has 1 saturated carbocycles. The van der Waals surface area contributed by atoms with Crippen molar-refractivity contribution >= 4 is 11.8 Å². The van der Waals surface area contributed by atoms with E-state index in [1.165, 1.54) is 24.5 Å². The van der Waals surface area contributed by atoms with Crippen molar-refractivity contribution in [1.82, 2.24) is 15.1 Å². The molecule has 3 fully saturated rings. The summed E-state index contributed by atoms with van der Waals surface area (Å²) in [4.78, 5) is 21.7. The summed E-state index contributed by atoms with van der Waals surface area (Å²) in [5.74, 6) is 0.692. The second-order valence-corrected chi connectivity index (χ2v) is 10.5. The molecule has 38 heavy (non-hydrogen) atoms. The molecule has 6 rings (SSSR count). The summed E-state index contributed by atoms with van der Waals surface area (Å²) in [6.07, 6.45) is 2.40. The molecule has 0 amide bonds. The fourth-order valence-corrected chi connectivity index (χ4v) is 6.00. The minimum atomic E-state index is -4.51. The monoisotopic (exact) mass is 528 g/mol. The molecule has 3 aromatic rings. The van der Waals surface area contributed by atoms with Crippen LogP contribution in [0.3, 0.4) is 0 Å². The lowest BCUT2D eigenvalue weighted by atomic mass is 9.96. The number of rotatable bonds is 7. The van der Waals surface area contributed by atoms with E-state index in [9.17, 15) is 18.0 Å². The fourth-order valence-electron chi connectivity index (χ4n) is 6.00. The first-order valence-corrected chi connectivity index (χ1v) is 12.8. The van der Waals surface area contributed by atoms with Crippen LogP contribution in [-0.2, 0) is 17.5 Å². The van der Waals surface area contributed by atoms with Gasteiger partial charge in [0, 0.05) is 29.1 Å². The van der Waals surface area contributed by atoms with E-state index in [0.29, 0.717) is 23.1 Å². The lowest BCUT2D eigenvalue weighted by Crippen LogP contribution is -2.47. The maximum Gasteiger partial charge on any atom is 0.417 e. The molecular formula is C27H27F3N4O4. The lowest BCUT2D eigenvalue weighted by molar-refractivity contribution is -0.137. The number of aromatic carboxylic acids is 1. The van der Waals surface area contributed by atoms with Crippen molar-refractivity contribution in [2.45, 2.75) is 75.9 Å². The molecule has 8 nitrogen and oxygen atoms in total. The fraction of sp³-hybridized carbons (Fsp3) is 0.481. The van der Waals surface area contributed by atoms with Gasteiger partial charge in [0.2, 0.25) is 0 Å². The molecule has 1 aromatic carbocycles. The molecule has 200 valence electrons. The van der Waals surface area contributed by atoms with Gasteiger partial charge in [-0.05, 0) is 44.1 Å². The van der Waals surface area contributed by atoms with Crippen molar-refractivity contribution in [3.05, 3.63) is 59.2 Å². The van der Waals surface area contributed by atoms with Gasteiger partial charge < -0.3 is 19.3 Å². The largest absolute Gasteiger partial charge is 0.476 e.